The molecule has 1 aromatic carbocycles. The smallest absolute Gasteiger partial charge is 0.425 e. The summed E-state index contributed by atoms with van der Waals surface area (Å²) in [6.07, 6.45) is 0.498. The minimum Gasteiger partial charge on any atom is -0.462 e. The minimum absolute atomic E-state index is 0.0413. The van der Waals surface area contributed by atoms with Gasteiger partial charge < -0.3 is 9.47 Å². The molecule has 0 heterocycles. The SMILES string of the molecule is CCC(C)(C)C(=O)OC(C)C(F)(F)F.CCC(C)(C)C(=O)OC1CCCCC1CS(C)(=O)=O.CCC(C)c1ccc(C(C)(C)C)cc1. The van der Waals surface area contributed by atoms with Gasteiger partial charge in [0.05, 0.1) is 16.6 Å². The highest BCUT2D eigenvalue weighted by atomic mass is 32.2. The molecule has 1 aliphatic carbocycles. The van der Waals surface area contributed by atoms with E-state index in [0.717, 1.165) is 39.0 Å². The van der Waals surface area contributed by atoms with E-state index in [0.29, 0.717) is 12.3 Å². The lowest BCUT2D eigenvalue weighted by atomic mass is 9.85. The first kappa shape index (κ1) is 44.9. The molecular weight excluding hydrogens is 629 g/mol. The lowest BCUT2D eigenvalue weighted by Gasteiger charge is -2.33. The van der Waals surface area contributed by atoms with Gasteiger partial charge >= 0.3 is 18.1 Å². The third-order valence-electron chi connectivity index (χ3n) is 9.19. The average Bonchev–Trinajstić information content (AvgIpc) is 2.96. The Morgan fingerprint density at radius 2 is 1.30 bits per heavy atom. The summed E-state index contributed by atoms with van der Waals surface area (Å²) in [4.78, 5) is 23.3. The second kappa shape index (κ2) is 18.6. The largest absolute Gasteiger partial charge is 0.462 e. The zero-order valence-electron chi connectivity index (χ0n) is 31.3. The van der Waals surface area contributed by atoms with Crippen molar-refractivity contribution in [3.63, 3.8) is 0 Å². The highest BCUT2D eigenvalue weighted by molar-refractivity contribution is 7.90. The van der Waals surface area contributed by atoms with Crippen molar-refractivity contribution in [1.29, 1.82) is 0 Å². The zero-order valence-corrected chi connectivity index (χ0v) is 32.1. The van der Waals surface area contributed by atoms with Gasteiger partial charge in [0.1, 0.15) is 15.9 Å². The summed E-state index contributed by atoms with van der Waals surface area (Å²) in [6.45, 7) is 22.6. The van der Waals surface area contributed by atoms with Gasteiger partial charge in [-0.3, -0.25) is 9.59 Å². The van der Waals surface area contributed by atoms with Gasteiger partial charge in [0.25, 0.3) is 0 Å². The Labute approximate surface area is 283 Å². The molecule has 0 bridgehead atoms. The molecule has 10 heteroatoms. The zero-order chi connectivity index (χ0) is 37.0. The molecule has 2 rings (SSSR count). The van der Waals surface area contributed by atoms with Gasteiger partial charge in [-0.1, -0.05) is 79.2 Å². The molecule has 6 nitrogen and oxygen atoms in total. The predicted octanol–water partition coefficient (Wildman–Crippen LogP) is 9.98. The van der Waals surface area contributed by atoms with Crippen molar-refractivity contribution in [1.82, 2.24) is 0 Å². The van der Waals surface area contributed by atoms with Crippen LogP contribution in [0.1, 0.15) is 145 Å². The molecule has 274 valence electrons. The van der Waals surface area contributed by atoms with E-state index in [4.69, 9.17) is 4.74 Å². The fraction of sp³-hybridized carbons (Fsp3) is 0.784. The first-order chi connectivity index (χ1) is 21.2. The highest BCUT2D eigenvalue weighted by Crippen LogP contribution is 2.32. The van der Waals surface area contributed by atoms with E-state index in [-0.39, 0.29) is 29.2 Å². The maximum atomic E-state index is 12.1. The lowest BCUT2D eigenvalue weighted by Crippen LogP contribution is -2.38. The molecule has 1 fully saturated rings. The van der Waals surface area contributed by atoms with Gasteiger partial charge in [-0.2, -0.15) is 13.2 Å². The number of rotatable bonds is 10. The Morgan fingerprint density at radius 1 is 0.830 bits per heavy atom. The summed E-state index contributed by atoms with van der Waals surface area (Å²) in [5.41, 5.74) is 1.80. The van der Waals surface area contributed by atoms with Crippen LogP contribution in [0.3, 0.4) is 0 Å². The number of alkyl halides is 3. The standard InChI is InChI=1S/C14H26O4S.C14H22.C9H15F3O2/c1-5-14(2,3)13(15)18-12-9-7-6-8-11(12)10-19(4,16)17;1-6-11(2)12-7-9-13(10-8-12)14(3,4)5;1-5-8(3,4)7(13)14-6(2)9(10,11)12/h11-12H,5-10H2,1-4H3;7-11H,6H2,1-5H3;6H,5H2,1-4H3. The van der Waals surface area contributed by atoms with Gasteiger partial charge in [-0.05, 0) is 95.6 Å². The average molecular weight is 693 g/mol. The van der Waals surface area contributed by atoms with E-state index in [1.165, 1.54) is 23.8 Å². The Balaban J connectivity index is 0.000000689. The van der Waals surface area contributed by atoms with Crippen molar-refractivity contribution in [2.45, 2.75) is 158 Å². The Bertz CT molecular complexity index is 1200. The molecule has 0 radical (unpaired) electrons. The number of ether oxygens (including phenoxy) is 2. The number of hydrogen-bond donors (Lipinski definition) is 0. The maximum Gasteiger partial charge on any atom is 0.425 e. The van der Waals surface area contributed by atoms with Crippen LogP contribution in [0.4, 0.5) is 13.2 Å². The van der Waals surface area contributed by atoms with Crippen molar-refractivity contribution >= 4 is 21.8 Å². The number of carbonyl (C=O) groups excluding carboxylic acids is 2. The van der Waals surface area contributed by atoms with Crippen LogP contribution in [0.2, 0.25) is 0 Å². The molecule has 4 atom stereocenters. The molecular formula is C37H63F3O6S. The van der Waals surface area contributed by atoms with Crippen molar-refractivity contribution in [3.05, 3.63) is 35.4 Å². The quantitative estimate of drug-likeness (QED) is 0.227. The topological polar surface area (TPSA) is 86.7 Å². The molecule has 1 aliphatic rings. The van der Waals surface area contributed by atoms with Crippen LogP contribution in [-0.2, 0) is 34.3 Å². The summed E-state index contributed by atoms with van der Waals surface area (Å²) < 4.78 is 68.9. The summed E-state index contributed by atoms with van der Waals surface area (Å²) in [7, 11) is -3.02. The number of esters is 2. The number of sulfone groups is 1. The van der Waals surface area contributed by atoms with Crippen LogP contribution < -0.4 is 0 Å². The molecule has 0 aliphatic heterocycles. The number of halogens is 3. The van der Waals surface area contributed by atoms with E-state index in [9.17, 15) is 31.2 Å². The second-order valence-corrected chi connectivity index (χ2v) is 17.5. The van der Waals surface area contributed by atoms with Crippen LogP contribution in [0.5, 0.6) is 0 Å². The van der Waals surface area contributed by atoms with E-state index in [1.807, 2.05) is 20.8 Å². The second-order valence-electron chi connectivity index (χ2n) is 15.3. The van der Waals surface area contributed by atoms with Gasteiger partial charge in [-0.25, -0.2) is 8.42 Å². The van der Waals surface area contributed by atoms with Gasteiger partial charge in [0, 0.05) is 12.2 Å². The molecule has 0 spiro atoms. The molecule has 0 aromatic heterocycles. The Kier molecular flexibility index (Phi) is 17.8. The van der Waals surface area contributed by atoms with Crippen LogP contribution >= 0.6 is 0 Å². The van der Waals surface area contributed by atoms with Crippen LogP contribution in [0.25, 0.3) is 0 Å². The molecule has 4 unspecified atom stereocenters. The molecule has 0 amide bonds. The summed E-state index contributed by atoms with van der Waals surface area (Å²) in [5.74, 6) is -0.257. The van der Waals surface area contributed by atoms with E-state index >= 15 is 0 Å². The van der Waals surface area contributed by atoms with E-state index < -0.39 is 38.9 Å². The van der Waals surface area contributed by atoms with Crippen molar-refractivity contribution in [3.8, 4) is 0 Å². The molecule has 0 N–H and O–H groups in total. The van der Waals surface area contributed by atoms with Crippen LogP contribution in [0, 0.1) is 16.7 Å². The minimum atomic E-state index is -4.49. The first-order valence-electron chi connectivity index (χ1n) is 17.0. The predicted molar refractivity (Wildman–Crippen MR) is 185 cm³/mol. The third-order valence-corrected chi connectivity index (χ3v) is 10.2. The number of hydrogen-bond acceptors (Lipinski definition) is 6. The molecule has 1 aromatic rings. The van der Waals surface area contributed by atoms with Crippen LogP contribution in [0.15, 0.2) is 24.3 Å². The van der Waals surface area contributed by atoms with Crippen molar-refractivity contribution in [2.24, 2.45) is 16.7 Å². The van der Waals surface area contributed by atoms with Gasteiger partial charge in [0.2, 0.25) is 0 Å². The van der Waals surface area contributed by atoms with E-state index in [2.05, 4.69) is 63.6 Å². The van der Waals surface area contributed by atoms with Gasteiger partial charge in [-0.15, -0.1) is 0 Å². The number of benzene rings is 1. The third kappa shape index (κ3) is 16.7. The molecule has 0 saturated heterocycles. The number of carbonyl (C=O) groups is 2. The Morgan fingerprint density at radius 3 is 1.70 bits per heavy atom. The molecule has 1 saturated carbocycles. The Hall–Kier alpha value is -2.10. The van der Waals surface area contributed by atoms with Gasteiger partial charge in [0.15, 0.2) is 6.10 Å². The first-order valence-corrected chi connectivity index (χ1v) is 19.0. The highest BCUT2D eigenvalue weighted by Gasteiger charge is 2.41. The van der Waals surface area contributed by atoms with E-state index in [1.54, 1.807) is 20.8 Å². The monoisotopic (exact) mass is 692 g/mol. The normalized spacial score (nSPS) is 18.8. The van der Waals surface area contributed by atoms with Crippen LogP contribution in [-0.4, -0.2) is 50.7 Å². The summed E-state index contributed by atoms with van der Waals surface area (Å²) in [5, 5.41) is 0. The lowest BCUT2D eigenvalue weighted by molar-refractivity contribution is -0.221. The summed E-state index contributed by atoms with van der Waals surface area (Å²) >= 11 is 0. The maximum absolute atomic E-state index is 12.1. The fourth-order valence-electron chi connectivity index (χ4n) is 4.43. The summed E-state index contributed by atoms with van der Waals surface area (Å²) in [6, 6.07) is 9.08. The molecule has 47 heavy (non-hydrogen) atoms. The van der Waals surface area contributed by atoms with Crippen molar-refractivity contribution < 1.29 is 40.7 Å². The fourth-order valence-corrected chi connectivity index (χ4v) is 5.59. The van der Waals surface area contributed by atoms with Crippen molar-refractivity contribution in [2.75, 3.05) is 12.0 Å².